The number of amides is 1. The van der Waals surface area contributed by atoms with Gasteiger partial charge < -0.3 is 14.8 Å². The standard InChI is InChI=1S/C29H31Cl2N3O/c1-4-17-32-29(35)28-27(24-7-5-6-8-25(24)34(28)19-18-33(2)3)26(20-9-13-22(30)14-10-20)21-11-15-23(31)16-12-21/h5-16,26H,4,17-19H2,1-3H3,(H,32,35). The van der Waals surface area contributed by atoms with Gasteiger partial charge in [0.1, 0.15) is 5.69 Å². The third-order valence-corrected chi connectivity index (χ3v) is 6.73. The number of fused-ring (bicyclic) bond motifs is 1. The maximum absolute atomic E-state index is 13.7. The second kappa shape index (κ2) is 11.3. The Morgan fingerprint density at radius 2 is 1.49 bits per heavy atom. The van der Waals surface area contributed by atoms with Gasteiger partial charge in [-0.05, 0) is 62.0 Å². The molecule has 0 spiro atoms. The summed E-state index contributed by atoms with van der Waals surface area (Å²) in [6.45, 7) is 4.21. The van der Waals surface area contributed by atoms with Gasteiger partial charge in [-0.15, -0.1) is 0 Å². The van der Waals surface area contributed by atoms with Gasteiger partial charge in [0, 0.05) is 52.1 Å². The van der Waals surface area contributed by atoms with Crippen LogP contribution < -0.4 is 5.32 Å². The summed E-state index contributed by atoms with van der Waals surface area (Å²) < 4.78 is 2.18. The number of likely N-dealkylation sites (N-methyl/N-ethyl adjacent to an activating group) is 1. The minimum Gasteiger partial charge on any atom is -0.351 e. The van der Waals surface area contributed by atoms with E-state index in [1.807, 2.05) is 74.8 Å². The van der Waals surface area contributed by atoms with E-state index in [4.69, 9.17) is 23.2 Å². The monoisotopic (exact) mass is 507 g/mol. The number of para-hydroxylation sites is 1. The lowest BCUT2D eigenvalue weighted by atomic mass is 9.83. The Hall–Kier alpha value is -2.79. The molecule has 4 aromatic rings. The molecule has 0 aliphatic carbocycles. The summed E-state index contributed by atoms with van der Waals surface area (Å²) in [4.78, 5) is 15.9. The first-order valence-corrected chi connectivity index (χ1v) is 12.7. The molecule has 0 saturated carbocycles. The summed E-state index contributed by atoms with van der Waals surface area (Å²) in [6, 6.07) is 24.1. The normalized spacial score (nSPS) is 11.5. The summed E-state index contributed by atoms with van der Waals surface area (Å²) in [5, 5.41) is 5.57. The Morgan fingerprint density at radius 3 is 2.03 bits per heavy atom. The molecule has 35 heavy (non-hydrogen) atoms. The first-order valence-electron chi connectivity index (χ1n) is 12.0. The van der Waals surface area contributed by atoms with Gasteiger partial charge in [-0.2, -0.15) is 0 Å². The van der Waals surface area contributed by atoms with Crippen LogP contribution in [0.2, 0.25) is 10.0 Å². The number of nitrogens with one attached hydrogen (secondary N) is 1. The number of hydrogen-bond donors (Lipinski definition) is 1. The molecule has 0 radical (unpaired) electrons. The van der Waals surface area contributed by atoms with Crippen LogP contribution in [0.1, 0.15) is 46.4 Å². The van der Waals surface area contributed by atoms with Crippen molar-refractivity contribution in [2.24, 2.45) is 0 Å². The van der Waals surface area contributed by atoms with Crippen molar-refractivity contribution in [2.75, 3.05) is 27.2 Å². The van der Waals surface area contributed by atoms with Crippen LogP contribution in [0.4, 0.5) is 0 Å². The molecule has 1 amide bonds. The highest BCUT2D eigenvalue weighted by Crippen LogP contribution is 2.40. The Labute approximate surface area is 217 Å². The lowest BCUT2D eigenvalue weighted by Gasteiger charge is -2.21. The number of halogens is 2. The highest BCUT2D eigenvalue weighted by atomic mass is 35.5. The highest BCUT2D eigenvalue weighted by Gasteiger charge is 2.30. The summed E-state index contributed by atoms with van der Waals surface area (Å²) >= 11 is 12.5. The Balaban J connectivity index is 2.03. The smallest absolute Gasteiger partial charge is 0.268 e. The molecule has 0 aliphatic heterocycles. The average Bonchev–Trinajstić information content (AvgIpc) is 3.18. The van der Waals surface area contributed by atoms with Crippen LogP contribution in [0, 0.1) is 0 Å². The lowest BCUT2D eigenvalue weighted by molar-refractivity contribution is 0.0943. The van der Waals surface area contributed by atoms with Crippen LogP contribution >= 0.6 is 23.2 Å². The summed E-state index contributed by atoms with van der Waals surface area (Å²) in [6.07, 6.45) is 0.872. The van der Waals surface area contributed by atoms with E-state index in [-0.39, 0.29) is 11.8 Å². The predicted octanol–water partition coefficient (Wildman–Crippen LogP) is 6.83. The second-order valence-corrected chi connectivity index (χ2v) is 9.90. The van der Waals surface area contributed by atoms with Gasteiger partial charge in [-0.3, -0.25) is 4.79 Å². The summed E-state index contributed by atoms with van der Waals surface area (Å²) in [5.41, 5.74) is 4.89. The number of aromatic nitrogens is 1. The summed E-state index contributed by atoms with van der Waals surface area (Å²) in [5.74, 6) is -0.220. The molecular formula is C29H31Cl2N3O. The molecule has 3 aromatic carbocycles. The number of carbonyl (C=O) groups excluding carboxylic acids is 1. The topological polar surface area (TPSA) is 37.3 Å². The number of hydrogen-bond acceptors (Lipinski definition) is 2. The van der Waals surface area contributed by atoms with Gasteiger partial charge in [-0.25, -0.2) is 0 Å². The molecule has 0 unspecified atom stereocenters. The first kappa shape index (κ1) is 25.3. The van der Waals surface area contributed by atoms with E-state index < -0.39 is 0 Å². The van der Waals surface area contributed by atoms with Crippen molar-refractivity contribution in [3.05, 3.63) is 105 Å². The Kier molecular flexibility index (Phi) is 8.17. The molecule has 1 aromatic heterocycles. The zero-order valence-corrected chi connectivity index (χ0v) is 21.9. The highest BCUT2D eigenvalue weighted by molar-refractivity contribution is 6.30. The number of benzene rings is 3. The largest absolute Gasteiger partial charge is 0.351 e. The molecule has 1 heterocycles. The minimum absolute atomic E-state index is 0.0512. The van der Waals surface area contributed by atoms with Crippen LogP contribution in [0.15, 0.2) is 72.8 Å². The van der Waals surface area contributed by atoms with E-state index in [9.17, 15) is 4.79 Å². The molecule has 0 fully saturated rings. The fourth-order valence-corrected chi connectivity index (χ4v) is 4.81. The molecule has 0 atom stereocenters. The predicted molar refractivity (Wildman–Crippen MR) is 147 cm³/mol. The number of carbonyl (C=O) groups is 1. The zero-order chi connectivity index (χ0) is 24.9. The lowest BCUT2D eigenvalue weighted by Crippen LogP contribution is -2.29. The van der Waals surface area contributed by atoms with Crippen molar-refractivity contribution in [1.82, 2.24) is 14.8 Å². The third kappa shape index (κ3) is 5.56. The molecule has 4 nitrogen and oxygen atoms in total. The van der Waals surface area contributed by atoms with Crippen molar-refractivity contribution in [3.63, 3.8) is 0 Å². The molecule has 0 aliphatic rings. The number of rotatable bonds is 9. The maximum Gasteiger partial charge on any atom is 0.268 e. The van der Waals surface area contributed by atoms with Gasteiger partial charge in [0.2, 0.25) is 0 Å². The minimum atomic E-state index is -0.169. The van der Waals surface area contributed by atoms with Crippen LogP contribution in [-0.2, 0) is 6.54 Å². The first-order chi connectivity index (χ1) is 16.9. The van der Waals surface area contributed by atoms with Gasteiger partial charge in [-0.1, -0.05) is 72.6 Å². The average molecular weight is 508 g/mol. The molecular weight excluding hydrogens is 477 g/mol. The molecule has 182 valence electrons. The van der Waals surface area contributed by atoms with Gasteiger partial charge >= 0.3 is 0 Å². The van der Waals surface area contributed by atoms with Crippen LogP contribution in [0.25, 0.3) is 10.9 Å². The van der Waals surface area contributed by atoms with E-state index in [1.54, 1.807) is 0 Å². The van der Waals surface area contributed by atoms with Gasteiger partial charge in [0.25, 0.3) is 5.91 Å². The quantitative estimate of drug-likeness (QED) is 0.269. The number of nitrogens with zero attached hydrogens (tertiary/aromatic N) is 2. The SMILES string of the molecule is CCCNC(=O)c1c(C(c2ccc(Cl)cc2)c2ccc(Cl)cc2)c2ccccc2n1CCN(C)C. The van der Waals surface area contributed by atoms with Gasteiger partial charge in [0.05, 0.1) is 0 Å². The molecule has 6 heteroatoms. The van der Waals surface area contributed by atoms with E-state index in [1.165, 1.54) is 0 Å². The van der Waals surface area contributed by atoms with Crippen LogP contribution in [0.3, 0.4) is 0 Å². The Bertz CT molecular complexity index is 1250. The fourth-order valence-electron chi connectivity index (χ4n) is 4.56. The van der Waals surface area contributed by atoms with Crippen LogP contribution in [0.5, 0.6) is 0 Å². The Morgan fingerprint density at radius 1 is 0.914 bits per heavy atom. The van der Waals surface area contributed by atoms with Crippen molar-refractivity contribution < 1.29 is 4.79 Å². The maximum atomic E-state index is 13.7. The van der Waals surface area contributed by atoms with Crippen molar-refractivity contribution in [1.29, 1.82) is 0 Å². The van der Waals surface area contributed by atoms with E-state index >= 15 is 0 Å². The van der Waals surface area contributed by atoms with E-state index in [2.05, 4.69) is 33.8 Å². The fraction of sp³-hybridized carbons (Fsp3) is 0.276. The van der Waals surface area contributed by atoms with Crippen LogP contribution in [-0.4, -0.2) is 42.6 Å². The van der Waals surface area contributed by atoms with Crippen molar-refractivity contribution >= 4 is 40.0 Å². The molecule has 1 N–H and O–H groups in total. The molecule has 0 bridgehead atoms. The van der Waals surface area contributed by atoms with Gasteiger partial charge in [0.15, 0.2) is 0 Å². The third-order valence-electron chi connectivity index (χ3n) is 6.23. The van der Waals surface area contributed by atoms with Crippen molar-refractivity contribution in [2.45, 2.75) is 25.8 Å². The second-order valence-electron chi connectivity index (χ2n) is 9.03. The van der Waals surface area contributed by atoms with E-state index in [0.717, 1.165) is 40.6 Å². The molecule has 4 rings (SSSR count). The zero-order valence-electron chi connectivity index (χ0n) is 20.4. The molecule has 0 saturated heterocycles. The van der Waals surface area contributed by atoms with Crippen molar-refractivity contribution in [3.8, 4) is 0 Å². The summed E-state index contributed by atoms with van der Waals surface area (Å²) in [7, 11) is 4.10. The van der Waals surface area contributed by atoms with E-state index in [0.29, 0.717) is 28.8 Å².